The van der Waals surface area contributed by atoms with E-state index in [1.807, 2.05) is 0 Å². The first-order valence-electron chi connectivity index (χ1n) is 5.55. The average Bonchev–Trinajstić information content (AvgIpc) is 2.76. The van der Waals surface area contributed by atoms with Crippen molar-refractivity contribution < 1.29 is 13.6 Å². The largest absolute Gasteiger partial charge is 0.462 e. The molecule has 98 valence electrons. The van der Waals surface area contributed by atoms with Crippen molar-refractivity contribution in [3.8, 4) is 0 Å². The van der Waals surface area contributed by atoms with E-state index < -0.39 is 11.7 Å². The standard InChI is InChI=1S/C14H11ClFNO2/c1-9-2-4-11(19-9)5-7-14(18)17-13-6-3-10(15)8-12(13)16/h2-8H,1H3,(H,17,18)/b7-5+. The molecule has 1 amide bonds. The highest BCUT2D eigenvalue weighted by atomic mass is 35.5. The van der Waals surface area contributed by atoms with Gasteiger partial charge < -0.3 is 9.73 Å². The third-order valence-electron chi connectivity index (χ3n) is 2.35. The van der Waals surface area contributed by atoms with Crippen LogP contribution in [0.25, 0.3) is 6.08 Å². The first-order chi connectivity index (χ1) is 9.04. The molecule has 0 aliphatic heterocycles. The van der Waals surface area contributed by atoms with Crippen LogP contribution in [0.3, 0.4) is 0 Å². The molecular weight excluding hydrogens is 269 g/mol. The van der Waals surface area contributed by atoms with Crippen molar-refractivity contribution in [2.45, 2.75) is 6.92 Å². The smallest absolute Gasteiger partial charge is 0.248 e. The summed E-state index contributed by atoms with van der Waals surface area (Å²) in [4.78, 5) is 11.6. The van der Waals surface area contributed by atoms with Crippen LogP contribution in [0.4, 0.5) is 10.1 Å². The highest BCUT2D eigenvalue weighted by Crippen LogP contribution is 2.18. The number of aryl methyl sites for hydroxylation is 1. The van der Waals surface area contributed by atoms with E-state index in [0.717, 1.165) is 11.8 Å². The fourth-order valence-electron chi connectivity index (χ4n) is 1.47. The molecule has 1 N–H and O–H groups in total. The summed E-state index contributed by atoms with van der Waals surface area (Å²) in [5, 5.41) is 2.69. The quantitative estimate of drug-likeness (QED) is 0.862. The van der Waals surface area contributed by atoms with E-state index in [2.05, 4.69) is 5.32 Å². The Morgan fingerprint density at radius 3 is 2.79 bits per heavy atom. The van der Waals surface area contributed by atoms with Crippen molar-refractivity contribution in [1.82, 2.24) is 0 Å². The van der Waals surface area contributed by atoms with Crippen molar-refractivity contribution in [2.24, 2.45) is 0 Å². The van der Waals surface area contributed by atoms with Crippen LogP contribution in [0.5, 0.6) is 0 Å². The molecule has 0 unspecified atom stereocenters. The van der Waals surface area contributed by atoms with Crippen LogP contribution in [0, 0.1) is 12.7 Å². The number of carbonyl (C=O) groups is 1. The van der Waals surface area contributed by atoms with Crippen LogP contribution in [-0.2, 0) is 4.79 Å². The molecule has 2 rings (SSSR count). The molecule has 0 radical (unpaired) electrons. The number of nitrogens with one attached hydrogen (secondary N) is 1. The maximum Gasteiger partial charge on any atom is 0.248 e. The van der Waals surface area contributed by atoms with E-state index in [1.165, 1.54) is 24.3 Å². The van der Waals surface area contributed by atoms with Gasteiger partial charge in [0.1, 0.15) is 17.3 Å². The molecular formula is C14H11ClFNO2. The normalized spacial score (nSPS) is 10.9. The Morgan fingerprint density at radius 2 is 2.16 bits per heavy atom. The monoisotopic (exact) mass is 279 g/mol. The lowest BCUT2D eigenvalue weighted by molar-refractivity contribution is -0.111. The maximum absolute atomic E-state index is 13.4. The lowest BCUT2D eigenvalue weighted by Gasteiger charge is -2.03. The van der Waals surface area contributed by atoms with Crippen LogP contribution >= 0.6 is 11.6 Å². The predicted molar refractivity (Wildman–Crippen MR) is 72.5 cm³/mol. The Kier molecular flexibility index (Phi) is 4.02. The van der Waals surface area contributed by atoms with Gasteiger partial charge in [0.2, 0.25) is 5.91 Å². The Balaban J connectivity index is 2.03. The Bertz CT molecular complexity index is 634. The van der Waals surface area contributed by atoms with Gasteiger partial charge in [-0.2, -0.15) is 0 Å². The van der Waals surface area contributed by atoms with Gasteiger partial charge in [-0.1, -0.05) is 11.6 Å². The van der Waals surface area contributed by atoms with Gasteiger partial charge in [-0.15, -0.1) is 0 Å². The third kappa shape index (κ3) is 3.69. The second kappa shape index (κ2) is 5.71. The Morgan fingerprint density at radius 1 is 1.37 bits per heavy atom. The SMILES string of the molecule is Cc1ccc(/C=C/C(=O)Nc2ccc(Cl)cc2F)o1. The van der Waals surface area contributed by atoms with Crippen molar-refractivity contribution in [3.05, 3.63) is 58.8 Å². The first kappa shape index (κ1) is 13.4. The van der Waals surface area contributed by atoms with Crippen molar-refractivity contribution in [3.63, 3.8) is 0 Å². The van der Waals surface area contributed by atoms with E-state index in [9.17, 15) is 9.18 Å². The number of hydrogen-bond acceptors (Lipinski definition) is 2. The highest BCUT2D eigenvalue weighted by molar-refractivity contribution is 6.30. The molecule has 0 saturated carbocycles. The van der Waals surface area contributed by atoms with Crippen molar-refractivity contribution in [1.29, 1.82) is 0 Å². The minimum atomic E-state index is -0.580. The van der Waals surface area contributed by atoms with Gasteiger partial charge in [-0.05, 0) is 43.3 Å². The lowest BCUT2D eigenvalue weighted by atomic mass is 10.3. The van der Waals surface area contributed by atoms with Gasteiger partial charge in [-0.3, -0.25) is 4.79 Å². The zero-order chi connectivity index (χ0) is 13.8. The van der Waals surface area contributed by atoms with Crippen LogP contribution < -0.4 is 5.32 Å². The molecule has 0 atom stereocenters. The number of carbonyl (C=O) groups excluding carboxylic acids is 1. The van der Waals surface area contributed by atoms with Crippen LogP contribution in [0.15, 0.2) is 40.8 Å². The van der Waals surface area contributed by atoms with Gasteiger partial charge in [0.15, 0.2) is 0 Å². The minimum Gasteiger partial charge on any atom is -0.462 e. The summed E-state index contributed by atoms with van der Waals surface area (Å²) in [5.41, 5.74) is 0.0784. The molecule has 2 aromatic rings. The summed E-state index contributed by atoms with van der Waals surface area (Å²) >= 11 is 5.62. The van der Waals surface area contributed by atoms with Crippen molar-refractivity contribution in [2.75, 3.05) is 5.32 Å². The summed E-state index contributed by atoms with van der Waals surface area (Å²) in [5.74, 6) is 0.284. The topological polar surface area (TPSA) is 42.2 Å². The molecule has 19 heavy (non-hydrogen) atoms. The van der Waals surface area contributed by atoms with Crippen molar-refractivity contribution >= 4 is 29.3 Å². The summed E-state index contributed by atoms with van der Waals surface area (Å²) in [6, 6.07) is 7.56. The maximum atomic E-state index is 13.4. The van der Waals surface area contributed by atoms with Crippen LogP contribution in [0.2, 0.25) is 5.02 Å². The number of amides is 1. The molecule has 0 aliphatic carbocycles. The van der Waals surface area contributed by atoms with Crippen LogP contribution in [0.1, 0.15) is 11.5 Å². The predicted octanol–water partition coefficient (Wildman–Crippen LogP) is 4.03. The summed E-state index contributed by atoms with van der Waals surface area (Å²) in [7, 11) is 0. The summed E-state index contributed by atoms with van der Waals surface area (Å²) in [6.45, 7) is 1.81. The summed E-state index contributed by atoms with van der Waals surface area (Å²) in [6.07, 6.45) is 2.78. The second-order valence-corrected chi connectivity index (χ2v) is 4.33. The fraction of sp³-hybridized carbons (Fsp3) is 0.0714. The zero-order valence-corrected chi connectivity index (χ0v) is 10.9. The first-order valence-corrected chi connectivity index (χ1v) is 5.93. The number of anilines is 1. The number of benzene rings is 1. The summed E-state index contributed by atoms with van der Waals surface area (Å²) < 4.78 is 18.7. The molecule has 1 heterocycles. The lowest BCUT2D eigenvalue weighted by Crippen LogP contribution is -2.09. The molecule has 0 saturated heterocycles. The highest BCUT2D eigenvalue weighted by Gasteiger charge is 2.05. The van der Waals surface area contributed by atoms with E-state index in [0.29, 0.717) is 5.76 Å². The zero-order valence-electron chi connectivity index (χ0n) is 10.1. The average molecular weight is 280 g/mol. The number of rotatable bonds is 3. The molecule has 1 aromatic carbocycles. The van der Waals surface area contributed by atoms with Gasteiger partial charge in [0.05, 0.1) is 5.69 Å². The fourth-order valence-corrected chi connectivity index (χ4v) is 1.62. The number of halogens is 2. The van der Waals surface area contributed by atoms with Gasteiger partial charge in [-0.25, -0.2) is 4.39 Å². The number of furan rings is 1. The van der Waals surface area contributed by atoms with E-state index in [4.69, 9.17) is 16.0 Å². The van der Waals surface area contributed by atoms with E-state index in [1.54, 1.807) is 19.1 Å². The molecule has 1 aromatic heterocycles. The second-order valence-electron chi connectivity index (χ2n) is 3.90. The van der Waals surface area contributed by atoms with Gasteiger partial charge in [0, 0.05) is 11.1 Å². The molecule has 0 spiro atoms. The Hall–Kier alpha value is -2.07. The molecule has 0 bridgehead atoms. The minimum absolute atomic E-state index is 0.0784. The molecule has 5 heteroatoms. The third-order valence-corrected chi connectivity index (χ3v) is 2.58. The number of hydrogen-bond donors (Lipinski definition) is 1. The molecule has 0 aliphatic rings. The van der Waals surface area contributed by atoms with Gasteiger partial charge in [0.25, 0.3) is 0 Å². The van der Waals surface area contributed by atoms with Gasteiger partial charge >= 0.3 is 0 Å². The van der Waals surface area contributed by atoms with E-state index in [-0.39, 0.29) is 10.7 Å². The molecule has 3 nitrogen and oxygen atoms in total. The van der Waals surface area contributed by atoms with Crippen LogP contribution in [-0.4, -0.2) is 5.91 Å². The molecule has 0 fully saturated rings. The Labute approximate surface area is 114 Å². The van der Waals surface area contributed by atoms with E-state index >= 15 is 0 Å².